The summed E-state index contributed by atoms with van der Waals surface area (Å²) in [6.45, 7) is 3.85. The summed E-state index contributed by atoms with van der Waals surface area (Å²) < 4.78 is 29.0. The number of allylic oxidation sites excluding steroid dienone is 1. The third-order valence-corrected chi connectivity index (χ3v) is 6.92. The maximum absolute atomic E-state index is 13.7. The predicted octanol–water partition coefficient (Wildman–Crippen LogP) is 2.54. The number of carbonyl (C=O) groups is 1. The number of aromatic nitrogens is 1. The highest BCUT2D eigenvalue weighted by Gasteiger charge is 2.34. The standard InChI is InChI=1S/C26H24N2O7S/c1-5-33-25(30)22-14(2)27-26-28(23(22)16-7-9-17(31-3)19(12-16)32-4)24(29)21(36-26)11-15-6-8-18-20(10-15)35-13-34-18/h6-12,23H,5,13H2,1-4H3/b21-11+/t23-/m0/s1. The molecular weight excluding hydrogens is 484 g/mol. The number of hydrogen-bond acceptors (Lipinski definition) is 9. The molecule has 0 saturated carbocycles. The first-order chi connectivity index (χ1) is 17.4. The van der Waals surface area contributed by atoms with E-state index in [0.717, 1.165) is 5.56 Å². The number of rotatable bonds is 6. The van der Waals surface area contributed by atoms with Gasteiger partial charge in [0, 0.05) is 0 Å². The minimum atomic E-state index is -0.751. The van der Waals surface area contributed by atoms with E-state index < -0.39 is 12.0 Å². The van der Waals surface area contributed by atoms with Crippen LogP contribution in [0.25, 0.3) is 6.08 Å². The first-order valence-electron chi connectivity index (χ1n) is 11.3. The Hall–Kier alpha value is -4.05. The van der Waals surface area contributed by atoms with E-state index in [1.807, 2.05) is 12.1 Å². The zero-order valence-electron chi connectivity index (χ0n) is 20.2. The molecule has 0 amide bonds. The molecule has 10 heteroatoms. The Bertz CT molecular complexity index is 1570. The van der Waals surface area contributed by atoms with Gasteiger partial charge < -0.3 is 23.7 Å². The van der Waals surface area contributed by atoms with Crippen LogP contribution in [0.3, 0.4) is 0 Å². The third-order valence-electron chi connectivity index (χ3n) is 5.93. The molecular formula is C26H24N2O7S. The van der Waals surface area contributed by atoms with Gasteiger partial charge in [-0.1, -0.05) is 23.5 Å². The largest absolute Gasteiger partial charge is 0.493 e. The van der Waals surface area contributed by atoms with Gasteiger partial charge in [-0.2, -0.15) is 0 Å². The molecule has 1 aromatic heterocycles. The first kappa shape index (κ1) is 23.7. The van der Waals surface area contributed by atoms with Crippen LogP contribution < -0.4 is 33.8 Å². The Labute approximate surface area is 210 Å². The summed E-state index contributed by atoms with van der Waals surface area (Å²) in [4.78, 5) is 31.9. The molecule has 0 fully saturated rings. The quantitative estimate of drug-likeness (QED) is 0.472. The number of fused-ring (bicyclic) bond motifs is 2. The minimum Gasteiger partial charge on any atom is -0.493 e. The Morgan fingerprint density at radius 2 is 1.92 bits per heavy atom. The molecule has 3 heterocycles. The van der Waals surface area contributed by atoms with Gasteiger partial charge in [0.05, 0.1) is 42.7 Å². The number of hydrogen-bond donors (Lipinski definition) is 0. The number of esters is 1. The van der Waals surface area contributed by atoms with Crippen molar-refractivity contribution in [3.8, 4) is 23.0 Å². The van der Waals surface area contributed by atoms with E-state index in [4.69, 9.17) is 23.7 Å². The van der Waals surface area contributed by atoms with Gasteiger partial charge in [-0.3, -0.25) is 9.36 Å². The molecule has 2 aromatic carbocycles. The van der Waals surface area contributed by atoms with Crippen molar-refractivity contribution in [1.82, 2.24) is 4.57 Å². The summed E-state index contributed by atoms with van der Waals surface area (Å²) in [7, 11) is 3.08. The van der Waals surface area contributed by atoms with Gasteiger partial charge in [0.1, 0.15) is 0 Å². The molecule has 2 aliphatic rings. The second kappa shape index (κ2) is 9.54. The normalized spacial score (nSPS) is 16.4. The van der Waals surface area contributed by atoms with Gasteiger partial charge in [0.25, 0.3) is 5.56 Å². The topological polar surface area (TPSA) is 97.6 Å². The Morgan fingerprint density at radius 3 is 2.67 bits per heavy atom. The number of ether oxygens (including phenoxy) is 5. The van der Waals surface area contributed by atoms with E-state index >= 15 is 0 Å². The van der Waals surface area contributed by atoms with E-state index in [1.165, 1.54) is 23.0 Å². The third kappa shape index (κ3) is 4.03. The highest BCUT2D eigenvalue weighted by molar-refractivity contribution is 7.07. The summed E-state index contributed by atoms with van der Waals surface area (Å²) in [5.41, 5.74) is 1.97. The fourth-order valence-corrected chi connectivity index (χ4v) is 5.33. The lowest BCUT2D eigenvalue weighted by Crippen LogP contribution is -2.39. The Balaban J connectivity index is 1.70. The first-order valence-corrected chi connectivity index (χ1v) is 12.1. The molecule has 0 bridgehead atoms. The molecule has 0 spiro atoms. The number of nitrogens with zero attached hydrogens (tertiary/aromatic N) is 2. The van der Waals surface area contributed by atoms with Crippen molar-refractivity contribution in [3.05, 3.63) is 78.5 Å². The SMILES string of the molecule is CCOC(=O)C1=C(C)N=c2s/c(=C/c3ccc4c(c3)OCO4)c(=O)n2[C@H]1c1ccc(OC)c(OC)c1. The van der Waals surface area contributed by atoms with Crippen molar-refractivity contribution in [3.63, 3.8) is 0 Å². The van der Waals surface area contributed by atoms with E-state index in [1.54, 1.807) is 51.3 Å². The molecule has 0 radical (unpaired) electrons. The lowest BCUT2D eigenvalue weighted by Gasteiger charge is -2.25. The molecule has 5 rings (SSSR count). The Morgan fingerprint density at radius 1 is 1.14 bits per heavy atom. The van der Waals surface area contributed by atoms with Gasteiger partial charge in [-0.25, -0.2) is 9.79 Å². The summed E-state index contributed by atoms with van der Waals surface area (Å²) in [6.07, 6.45) is 1.78. The van der Waals surface area contributed by atoms with Crippen molar-refractivity contribution in [1.29, 1.82) is 0 Å². The maximum atomic E-state index is 13.7. The molecule has 2 aliphatic heterocycles. The average molecular weight is 509 g/mol. The van der Waals surface area contributed by atoms with E-state index in [9.17, 15) is 9.59 Å². The molecule has 0 N–H and O–H groups in total. The van der Waals surface area contributed by atoms with Crippen molar-refractivity contribution < 1.29 is 28.5 Å². The summed E-state index contributed by atoms with van der Waals surface area (Å²) >= 11 is 1.25. The van der Waals surface area contributed by atoms with Crippen LogP contribution in [0.1, 0.15) is 31.0 Å². The van der Waals surface area contributed by atoms with Crippen LogP contribution in [0, 0.1) is 0 Å². The molecule has 1 atom stereocenters. The van der Waals surface area contributed by atoms with Gasteiger partial charge in [-0.05, 0) is 55.3 Å². The number of methoxy groups -OCH3 is 2. The molecule has 0 unspecified atom stereocenters. The molecule has 186 valence electrons. The van der Waals surface area contributed by atoms with Crippen LogP contribution >= 0.6 is 11.3 Å². The van der Waals surface area contributed by atoms with Crippen LogP contribution in [0.2, 0.25) is 0 Å². The summed E-state index contributed by atoms with van der Waals surface area (Å²) in [5, 5.41) is 0. The highest BCUT2D eigenvalue weighted by Crippen LogP contribution is 2.36. The fourth-order valence-electron chi connectivity index (χ4n) is 4.28. The van der Waals surface area contributed by atoms with Gasteiger partial charge in [-0.15, -0.1) is 0 Å². The molecule has 3 aromatic rings. The number of carbonyl (C=O) groups excluding carboxylic acids is 1. The molecule has 0 saturated heterocycles. The minimum absolute atomic E-state index is 0.169. The van der Waals surface area contributed by atoms with E-state index in [0.29, 0.717) is 49.2 Å². The van der Waals surface area contributed by atoms with E-state index in [-0.39, 0.29) is 19.0 Å². The summed E-state index contributed by atoms with van der Waals surface area (Å²) in [6, 6.07) is 10.0. The predicted molar refractivity (Wildman–Crippen MR) is 133 cm³/mol. The lowest BCUT2D eigenvalue weighted by atomic mass is 9.95. The number of thiazole rings is 1. The van der Waals surface area contributed by atoms with Crippen LogP contribution in [0.15, 0.2) is 57.5 Å². The number of benzene rings is 2. The zero-order chi connectivity index (χ0) is 25.4. The van der Waals surface area contributed by atoms with Gasteiger partial charge in [0.15, 0.2) is 27.8 Å². The van der Waals surface area contributed by atoms with Crippen molar-refractivity contribution >= 4 is 23.4 Å². The Kier molecular flexibility index (Phi) is 6.27. The van der Waals surface area contributed by atoms with Crippen molar-refractivity contribution in [2.75, 3.05) is 27.6 Å². The zero-order valence-corrected chi connectivity index (χ0v) is 21.0. The van der Waals surface area contributed by atoms with Crippen LogP contribution in [-0.4, -0.2) is 38.2 Å². The van der Waals surface area contributed by atoms with Gasteiger partial charge in [0.2, 0.25) is 6.79 Å². The smallest absolute Gasteiger partial charge is 0.338 e. The van der Waals surface area contributed by atoms with Crippen LogP contribution in [-0.2, 0) is 9.53 Å². The highest BCUT2D eigenvalue weighted by atomic mass is 32.1. The van der Waals surface area contributed by atoms with Crippen LogP contribution in [0.5, 0.6) is 23.0 Å². The van der Waals surface area contributed by atoms with Crippen molar-refractivity contribution in [2.45, 2.75) is 19.9 Å². The average Bonchev–Trinajstić information content (AvgIpc) is 3.46. The van der Waals surface area contributed by atoms with E-state index in [2.05, 4.69) is 4.99 Å². The molecule has 0 aliphatic carbocycles. The second-order valence-corrected chi connectivity index (χ2v) is 9.04. The second-order valence-electron chi connectivity index (χ2n) is 8.03. The summed E-state index contributed by atoms with van der Waals surface area (Å²) in [5.74, 6) is 1.78. The maximum Gasteiger partial charge on any atom is 0.338 e. The lowest BCUT2D eigenvalue weighted by molar-refractivity contribution is -0.139. The molecule has 36 heavy (non-hydrogen) atoms. The fraction of sp³-hybridized carbons (Fsp3) is 0.269. The monoisotopic (exact) mass is 508 g/mol. The van der Waals surface area contributed by atoms with Gasteiger partial charge >= 0.3 is 5.97 Å². The van der Waals surface area contributed by atoms with Crippen LogP contribution in [0.4, 0.5) is 0 Å². The van der Waals surface area contributed by atoms with Crippen molar-refractivity contribution in [2.24, 2.45) is 4.99 Å². The molecule has 9 nitrogen and oxygen atoms in total.